The first-order chi connectivity index (χ1) is 13.6. The Labute approximate surface area is 171 Å². The van der Waals surface area contributed by atoms with Crippen molar-refractivity contribution in [2.24, 2.45) is 0 Å². The van der Waals surface area contributed by atoms with Gasteiger partial charge in [-0.25, -0.2) is 15.0 Å². The minimum atomic E-state index is -0.786. The van der Waals surface area contributed by atoms with Gasteiger partial charge in [0.1, 0.15) is 24.1 Å². The molecule has 29 heavy (non-hydrogen) atoms. The lowest BCUT2D eigenvalue weighted by atomic mass is 9.97. The van der Waals surface area contributed by atoms with Crippen molar-refractivity contribution >= 4 is 22.8 Å². The molecule has 2 saturated heterocycles. The predicted molar refractivity (Wildman–Crippen MR) is 100 cm³/mol. The van der Waals surface area contributed by atoms with E-state index in [2.05, 4.69) is 25.1 Å². The summed E-state index contributed by atoms with van der Waals surface area (Å²) >= 11 is 6.15. The molecule has 0 radical (unpaired) electrons. The second-order valence-electron chi connectivity index (χ2n) is 8.70. The van der Waals surface area contributed by atoms with Crippen LogP contribution in [0.5, 0.6) is 0 Å². The van der Waals surface area contributed by atoms with Crippen molar-refractivity contribution in [2.45, 2.75) is 70.4 Å². The van der Waals surface area contributed by atoms with Crippen LogP contribution in [-0.2, 0) is 19.6 Å². The van der Waals surface area contributed by atoms with Gasteiger partial charge in [-0.3, -0.25) is 4.57 Å². The molecule has 3 aromatic heterocycles. The molecule has 3 aromatic rings. The number of aromatic nitrogens is 6. The summed E-state index contributed by atoms with van der Waals surface area (Å²) in [6, 6.07) is 0. The molecule has 11 heteroatoms. The highest BCUT2D eigenvalue weighted by atomic mass is 35.5. The Morgan fingerprint density at radius 3 is 2.55 bits per heavy atom. The molecule has 0 unspecified atom stereocenters. The minimum absolute atomic E-state index is 0.274. The molecule has 154 valence electrons. The Kier molecular flexibility index (Phi) is 4.02. The fourth-order valence-electron chi connectivity index (χ4n) is 3.66. The molecule has 2 aliphatic heterocycles. The Morgan fingerprint density at radius 1 is 1.07 bits per heavy atom. The van der Waals surface area contributed by atoms with E-state index in [1.165, 1.54) is 6.33 Å². The zero-order chi connectivity index (χ0) is 20.6. The second kappa shape index (κ2) is 6.18. The second-order valence-corrected chi connectivity index (χ2v) is 9.05. The normalized spacial score (nSPS) is 28.9. The molecule has 2 fully saturated rings. The van der Waals surface area contributed by atoms with Gasteiger partial charge in [0, 0.05) is 5.41 Å². The lowest BCUT2D eigenvalue weighted by Gasteiger charge is -2.23. The summed E-state index contributed by atoms with van der Waals surface area (Å²) in [5.74, 6) is 0.0959. The Balaban J connectivity index is 1.55. The highest BCUT2D eigenvalue weighted by Crippen LogP contribution is 2.49. The van der Waals surface area contributed by atoms with Crippen LogP contribution in [0.15, 0.2) is 17.1 Å². The van der Waals surface area contributed by atoms with Crippen LogP contribution in [0.3, 0.4) is 0 Å². The van der Waals surface area contributed by atoms with Crippen LogP contribution < -0.4 is 0 Å². The highest BCUT2D eigenvalue weighted by Gasteiger charge is 2.58. The van der Waals surface area contributed by atoms with Crippen molar-refractivity contribution in [3.63, 3.8) is 0 Å². The van der Waals surface area contributed by atoms with Gasteiger partial charge in [0.05, 0.1) is 6.33 Å². The highest BCUT2D eigenvalue weighted by molar-refractivity contribution is 6.33. The number of fused-ring (bicyclic) bond motifs is 2. The Bertz CT molecular complexity index is 1070. The van der Waals surface area contributed by atoms with Gasteiger partial charge in [-0.2, -0.15) is 0 Å². The van der Waals surface area contributed by atoms with E-state index in [4.69, 9.17) is 30.2 Å². The fourth-order valence-corrected chi connectivity index (χ4v) is 3.84. The van der Waals surface area contributed by atoms with Crippen LogP contribution in [0, 0.1) is 0 Å². The first kappa shape index (κ1) is 18.9. The zero-order valence-corrected chi connectivity index (χ0v) is 17.4. The van der Waals surface area contributed by atoms with Gasteiger partial charge < -0.3 is 18.6 Å². The maximum atomic E-state index is 6.30. The van der Waals surface area contributed by atoms with Crippen molar-refractivity contribution in [3.05, 3.63) is 29.6 Å². The summed E-state index contributed by atoms with van der Waals surface area (Å²) < 4.78 is 26.3. The molecular weight excluding hydrogens is 400 g/mol. The molecule has 0 saturated carbocycles. The Morgan fingerprint density at radius 2 is 1.83 bits per heavy atom. The summed E-state index contributed by atoms with van der Waals surface area (Å²) in [6.45, 7) is 9.73. The summed E-state index contributed by atoms with van der Waals surface area (Å²) in [4.78, 5) is 12.6. The van der Waals surface area contributed by atoms with Crippen LogP contribution in [-0.4, -0.2) is 47.7 Å². The number of halogens is 1. The number of ether oxygens (including phenoxy) is 3. The van der Waals surface area contributed by atoms with Crippen LogP contribution in [0.2, 0.25) is 5.15 Å². The lowest BCUT2D eigenvalue weighted by molar-refractivity contribution is -0.199. The van der Waals surface area contributed by atoms with Crippen molar-refractivity contribution in [3.8, 4) is 0 Å². The van der Waals surface area contributed by atoms with E-state index >= 15 is 0 Å². The number of rotatable bonds is 2. The molecule has 2 aliphatic rings. The molecule has 0 N–H and O–H groups in total. The average Bonchev–Trinajstić information content (AvgIpc) is 3.36. The SMILES string of the molecule is CC1(C)O[C@@H]2[C@H](O1)[C@@H](c1nnc(C(C)(C)C)o1)O[C@H]2n1cnc2c(Cl)ncnc21. The number of hydrogen-bond acceptors (Lipinski definition) is 9. The third-order valence-electron chi connectivity index (χ3n) is 4.94. The third-order valence-corrected chi connectivity index (χ3v) is 5.22. The predicted octanol–water partition coefficient (Wildman–Crippen LogP) is 2.95. The van der Waals surface area contributed by atoms with Crippen molar-refractivity contribution < 1.29 is 18.6 Å². The van der Waals surface area contributed by atoms with Gasteiger partial charge in [-0.1, -0.05) is 32.4 Å². The topological polar surface area (TPSA) is 110 Å². The maximum absolute atomic E-state index is 6.30. The summed E-state index contributed by atoms with van der Waals surface area (Å²) in [6.07, 6.45) is 0.983. The molecule has 4 atom stereocenters. The summed E-state index contributed by atoms with van der Waals surface area (Å²) in [5, 5.41) is 8.67. The fraction of sp³-hybridized carbons (Fsp3) is 0.611. The van der Waals surface area contributed by atoms with E-state index in [9.17, 15) is 0 Å². The van der Waals surface area contributed by atoms with Gasteiger partial charge in [0.2, 0.25) is 11.8 Å². The smallest absolute Gasteiger partial charge is 0.248 e. The van der Waals surface area contributed by atoms with Crippen LogP contribution in [0.4, 0.5) is 0 Å². The quantitative estimate of drug-likeness (QED) is 0.577. The van der Waals surface area contributed by atoms with Gasteiger partial charge in [0.15, 0.2) is 28.9 Å². The lowest BCUT2D eigenvalue weighted by Crippen LogP contribution is -2.27. The van der Waals surface area contributed by atoms with E-state index < -0.39 is 30.3 Å². The van der Waals surface area contributed by atoms with Crippen LogP contribution in [0.1, 0.15) is 58.7 Å². The summed E-state index contributed by atoms with van der Waals surface area (Å²) in [5.41, 5.74) is 0.760. The minimum Gasteiger partial charge on any atom is -0.422 e. The molecule has 5 rings (SSSR count). The van der Waals surface area contributed by atoms with E-state index in [0.29, 0.717) is 22.9 Å². The number of nitrogens with zero attached hydrogens (tertiary/aromatic N) is 6. The van der Waals surface area contributed by atoms with Gasteiger partial charge >= 0.3 is 0 Å². The first-order valence-electron chi connectivity index (χ1n) is 9.32. The molecule has 0 aromatic carbocycles. The molecule has 0 spiro atoms. The molecular formula is C18H21ClN6O4. The van der Waals surface area contributed by atoms with Crippen molar-refractivity contribution in [1.29, 1.82) is 0 Å². The molecule has 0 amide bonds. The zero-order valence-electron chi connectivity index (χ0n) is 16.7. The van der Waals surface area contributed by atoms with Crippen LogP contribution in [0.25, 0.3) is 11.2 Å². The monoisotopic (exact) mass is 420 g/mol. The van der Waals surface area contributed by atoms with Crippen molar-refractivity contribution in [2.75, 3.05) is 0 Å². The molecule has 5 heterocycles. The molecule has 10 nitrogen and oxygen atoms in total. The number of imidazole rings is 1. The van der Waals surface area contributed by atoms with Gasteiger partial charge in [-0.15, -0.1) is 10.2 Å². The largest absolute Gasteiger partial charge is 0.422 e. The maximum Gasteiger partial charge on any atom is 0.248 e. The van der Waals surface area contributed by atoms with E-state index in [-0.39, 0.29) is 10.6 Å². The third kappa shape index (κ3) is 3.02. The molecule has 0 bridgehead atoms. The van der Waals surface area contributed by atoms with Crippen LogP contribution >= 0.6 is 11.6 Å². The van der Waals surface area contributed by atoms with E-state index in [1.807, 2.05) is 34.6 Å². The Hall–Kier alpha value is -2.14. The van der Waals surface area contributed by atoms with Gasteiger partial charge in [0.25, 0.3) is 0 Å². The number of hydrogen-bond donors (Lipinski definition) is 0. The standard InChI is InChI=1S/C18H21ClN6O4/c1-17(2,3)16-24-23-14(27-16)10-9-11(29-18(4,5)28-9)15(26-10)25-7-22-8-12(19)20-6-21-13(8)25/h6-7,9-11,15H,1-5H3/t9-,10+,11-,15-/m1/s1. The van der Waals surface area contributed by atoms with Gasteiger partial charge in [-0.05, 0) is 13.8 Å². The molecule has 0 aliphatic carbocycles. The van der Waals surface area contributed by atoms with E-state index in [1.54, 1.807) is 10.9 Å². The van der Waals surface area contributed by atoms with E-state index in [0.717, 1.165) is 0 Å². The first-order valence-corrected chi connectivity index (χ1v) is 9.70. The summed E-state index contributed by atoms with van der Waals surface area (Å²) in [7, 11) is 0. The van der Waals surface area contributed by atoms with Crippen molar-refractivity contribution in [1.82, 2.24) is 29.7 Å². The average molecular weight is 421 g/mol.